The topological polar surface area (TPSA) is 23.5 Å². The van der Waals surface area contributed by atoms with Crippen molar-refractivity contribution < 1.29 is 14.0 Å². The highest BCUT2D eigenvalue weighted by Crippen LogP contribution is 2.09. The van der Waals surface area contributed by atoms with Crippen LogP contribution < -0.4 is 0 Å². The van der Waals surface area contributed by atoms with Crippen molar-refractivity contribution in [2.45, 2.75) is 13.1 Å². The Labute approximate surface area is 116 Å². The van der Waals surface area contributed by atoms with E-state index in [4.69, 9.17) is 0 Å². The summed E-state index contributed by atoms with van der Waals surface area (Å²) in [5.74, 6) is -0.608. The summed E-state index contributed by atoms with van der Waals surface area (Å²) in [5.41, 5.74) is 1.61. The highest BCUT2D eigenvalue weighted by molar-refractivity contribution is 5.85. The van der Waals surface area contributed by atoms with Crippen LogP contribution in [-0.2, 0) is 13.1 Å². The van der Waals surface area contributed by atoms with Crippen LogP contribution in [0, 0.1) is 11.6 Å². The van der Waals surface area contributed by atoms with Crippen LogP contribution >= 0.6 is 12.4 Å². The average molecular weight is 286 g/mol. The maximum Gasteiger partial charge on any atom is 0.123 e. The Bertz CT molecular complexity index is 454. The Morgan fingerprint density at radius 2 is 1.05 bits per heavy atom. The van der Waals surface area contributed by atoms with E-state index in [1.807, 2.05) is 0 Å². The van der Waals surface area contributed by atoms with E-state index in [0.717, 1.165) is 16.2 Å². The lowest BCUT2D eigenvalue weighted by molar-refractivity contribution is -0.108. The van der Waals surface area contributed by atoms with Crippen molar-refractivity contribution in [3.63, 3.8) is 0 Å². The summed E-state index contributed by atoms with van der Waals surface area (Å²) in [7, 11) is 0. The van der Waals surface area contributed by atoms with Gasteiger partial charge in [-0.1, -0.05) is 24.3 Å². The summed E-state index contributed by atoms with van der Waals surface area (Å²) < 4.78 is 25.4. The largest absolute Gasteiger partial charge is 0.313 e. The van der Waals surface area contributed by atoms with Crippen LogP contribution in [0.15, 0.2) is 48.5 Å². The van der Waals surface area contributed by atoms with Gasteiger partial charge in [0.05, 0.1) is 0 Å². The number of hydrogen-bond donors (Lipinski definition) is 1. The third kappa shape index (κ3) is 4.95. The van der Waals surface area contributed by atoms with Crippen LogP contribution in [0.25, 0.3) is 0 Å². The molecule has 0 radical (unpaired) electrons. The summed E-state index contributed by atoms with van der Waals surface area (Å²) >= 11 is 0. The van der Waals surface area contributed by atoms with Crippen LogP contribution in [0.4, 0.5) is 8.78 Å². The molecule has 0 aliphatic rings. The molecule has 0 aliphatic heterocycles. The fraction of sp³-hybridized carbons (Fsp3) is 0.143. The third-order valence-corrected chi connectivity index (χ3v) is 2.56. The predicted molar refractivity (Wildman–Crippen MR) is 71.1 cm³/mol. The van der Waals surface area contributed by atoms with Gasteiger partial charge in [-0.05, 0) is 35.4 Å². The van der Waals surface area contributed by atoms with Crippen molar-refractivity contribution in [2.75, 3.05) is 0 Å². The van der Waals surface area contributed by atoms with Crippen molar-refractivity contribution in [3.8, 4) is 0 Å². The van der Waals surface area contributed by atoms with Crippen LogP contribution in [0.3, 0.4) is 0 Å². The summed E-state index contributed by atoms with van der Waals surface area (Å²) in [6.45, 7) is 0.579. The van der Waals surface area contributed by atoms with E-state index in [2.05, 4.69) is 0 Å². The van der Waals surface area contributed by atoms with Gasteiger partial charge < -0.3 is 5.21 Å². The van der Waals surface area contributed by atoms with Crippen LogP contribution in [0.1, 0.15) is 11.1 Å². The molecule has 0 heterocycles. The molecule has 0 atom stereocenters. The molecule has 0 fully saturated rings. The van der Waals surface area contributed by atoms with Crippen molar-refractivity contribution in [3.05, 3.63) is 71.3 Å². The maximum atomic E-state index is 12.7. The molecule has 0 aliphatic carbocycles. The molecule has 0 bridgehead atoms. The van der Waals surface area contributed by atoms with Crippen LogP contribution in [0.5, 0.6) is 0 Å². The Kier molecular flexibility index (Phi) is 5.89. The molecule has 5 heteroatoms. The second kappa shape index (κ2) is 7.19. The van der Waals surface area contributed by atoms with Crippen LogP contribution in [0.2, 0.25) is 0 Å². The van der Waals surface area contributed by atoms with E-state index in [1.165, 1.54) is 24.3 Å². The first-order chi connectivity index (χ1) is 8.63. The Morgan fingerprint density at radius 3 is 1.37 bits per heavy atom. The zero-order valence-electron chi connectivity index (χ0n) is 10.1. The number of hydrogen-bond acceptors (Lipinski definition) is 2. The first kappa shape index (κ1) is 15.6. The molecule has 0 saturated heterocycles. The van der Waals surface area contributed by atoms with Gasteiger partial charge in [0.25, 0.3) is 0 Å². The molecule has 0 unspecified atom stereocenters. The van der Waals surface area contributed by atoms with Crippen LogP contribution in [-0.4, -0.2) is 10.3 Å². The van der Waals surface area contributed by atoms with Gasteiger partial charge in [0, 0.05) is 13.1 Å². The fourth-order valence-corrected chi connectivity index (χ4v) is 1.66. The molecule has 19 heavy (non-hydrogen) atoms. The molecule has 2 aromatic rings. The minimum Gasteiger partial charge on any atom is -0.313 e. The average Bonchev–Trinajstić information content (AvgIpc) is 2.35. The Morgan fingerprint density at radius 1 is 0.737 bits per heavy atom. The molecule has 0 spiro atoms. The van der Waals surface area contributed by atoms with Crippen molar-refractivity contribution in [2.24, 2.45) is 0 Å². The second-order valence-electron chi connectivity index (χ2n) is 4.08. The quantitative estimate of drug-likeness (QED) is 0.864. The van der Waals surface area contributed by atoms with Gasteiger partial charge in [0.2, 0.25) is 0 Å². The van der Waals surface area contributed by atoms with Crippen molar-refractivity contribution in [1.82, 2.24) is 5.06 Å². The molecule has 2 rings (SSSR count). The lowest BCUT2D eigenvalue weighted by Crippen LogP contribution is -2.18. The molecular weight excluding hydrogens is 272 g/mol. The zero-order chi connectivity index (χ0) is 13.0. The number of hydroxylamine groups is 2. The number of rotatable bonds is 4. The second-order valence-corrected chi connectivity index (χ2v) is 4.08. The predicted octanol–water partition coefficient (Wildman–Crippen LogP) is 3.78. The summed E-state index contributed by atoms with van der Waals surface area (Å²) in [5, 5.41) is 10.8. The zero-order valence-corrected chi connectivity index (χ0v) is 10.9. The number of benzene rings is 2. The minimum absolute atomic E-state index is 0. The van der Waals surface area contributed by atoms with E-state index in [1.54, 1.807) is 24.3 Å². The normalized spacial score (nSPS) is 10.3. The van der Waals surface area contributed by atoms with E-state index >= 15 is 0 Å². The van der Waals surface area contributed by atoms with E-state index < -0.39 is 0 Å². The van der Waals surface area contributed by atoms with Crippen molar-refractivity contribution >= 4 is 12.4 Å². The van der Waals surface area contributed by atoms with Gasteiger partial charge in [-0.15, -0.1) is 12.4 Å². The summed E-state index contributed by atoms with van der Waals surface area (Å²) in [4.78, 5) is 0. The van der Waals surface area contributed by atoms with E-state index in [0.29, 0.717) is 0 Å². The first-order valence-corrected chi connectivity index (χ1v) is 5.56. The number of nitrogens with zero attached hydrogens (tertiary/aromatic N) is 1. The molecule has 2 aromatic carbocycles. The maximum absolute atomic E-state index is 12.7. The molecule has 2 nitrogen and oxygen atoms in total. The van der Waals surface area contributed by atoms with E-state index in [9.17, 15) is 14.0 Å². The van der Waals surface area contributed by atoms with Gasteiger partial charge in [0.15, 0.2) is 0 Å². The molecule has 0 amide bonds. The Hall–Kier alpha value is -1.49. The van der Waals surface area contributed by atoms with Gasteiger partial charge in [-0.2, -0.15) is 5.06 Å². The van der Waals surface area contributed by atoms with Gasteiger partial charge >= 0.3 is 0 Å². The molecule has 0 saturated carbocycles. The van der Waals surface area contributed by atoms with E-state index in [-0.39, 0.29) is 37.1 Å². The fourth-order valence-electron chi connectivity index (χ4n) is 1.66. The highest BCUT2D eigenvalue weighted by Gasteiger charge is 2.04. The lowest BCUT2D eigenvalue weighted by atomic mass is 10.2. The van der Waals surface area contributed by atoms with Gasteiger partial charge in [-0.25, -0.2) is 8.78 Å². The molecular formula is C14H14ClF2NO. The summed E-state index contributed by atoms with van der Waals surface area (Å²) in [6.07, 6.45) is 0. The molecule has 0 aromatic heterocycles. The highest BCUT2D eigenvalue weighted by atomic mass is 35.5. The van der Waals surface area contributed by atoms with Gasteiger partial charge in [0.1, 0.15) is 11.6 Å². The monoisotopic (exact) mass is 285 g/mol. The standard InChI is InChI=1S/C14H13F2NO.ClH/c15-13-5-1-11(2-6-13)9-17(18)10-12-3-7-14(16)8-4-12;/h1-8,18H,9-10H2;1H. The molecule has 102 valence electrons. The lowest BCUT2D eigenvalue weighted by Gasteiger charge is -2.14. The first-order valence-electron chi connectivity index (χ1n) is 5.56. The smallest absolute Gasteiger partial charge is 0.123 e. The molecule has 1 N–H and O–H groups in total. The Balaban J connectivity index is 0.00000180. The minimum atomic E-state index is -0.304. The SMILES string of the molecule is Cl.ON(Cc1ccc(F)cc1)Cc1ccc(F)cc1. The summed E-state index contributed by atoms with van der Waals surface area (Å²) in [6, 6.07) is 11.9. The van der Waals surface area contributed by atoms with Crippen molar-refractivity contribution in [1.29, 1.82) is 0 Å². The number of halogens is 3. The van der Waals surface area contributed by atoms with Gasteiger partial charge in [-0.3, -0.25) is 0 Å². The third-order valence-electron chi connectivity index (χ3n) is 2.56.